The molecule has 2 aromatic rings. The summed E-state index contributed by atoms with van der Waals surface area (Å²) >= 11 is 0. The molecule has 3 rings (SSSR count). The van der Waals surface area contributed by atoms with Gasteiger partial charge in [0.1, 0.15) is 0 Å². The van der Waals surface area contributed by atoms with E-state index in [2.05, 4.69) is 5.32 Å². The van der Waals surface area contributed by atoms with E-state index in [4.69, 9.17) is 0 Å². The number of hydrogen-bond acceptors (Lipinski definition) is 2. The molecule has 3 nitrogen and oxygen atoms in total. The molecule has 6 heteroatoms. The lowest BCUT2D eigenvalue weighted by molar-refractivity contribution is -0.137. The number of carbonyl (C=O) groups is 1. The summed E-state index contributed by atoms with van der Waals surface area (Å²) in [6, 6.07) is 10.3. The van der Waals surface area contributed by atoms with Gasteiger partial charge in [-0.05, 0) is 41.7 Å². The van der Waals surface area contributed by atoms with E-state index in [1.165, 1.54) is 12.1 Å². The maximum absolute atomic E-state index is 12.8. The van der Waals surface area contributed by atoms with Gasteiger partial charge in [-0.15, -0.1) is 0 Å². The van der Waals surface area contributed by atoms with Gasteiger partial charge in [0.2, 0.25) is 5.91 Å². The molecule has 0 saturated heterocycles. The first-order valence-electron chi connectivity index (χ1n) is 8.08. The Bertz CT molecular complexity index is 786. The minimum absolute atomic E-state index is 0.143. The second-order valence-corrected chi connectivity index (χ2v) is 6.26. The van der Waals surface area contributed by atoms with Crippen molar-refractivity contribution in [2.75, 3.05) is 5.32 Å². The SMILES string of the molecule is O=C(Cc1cccc(C(F)(F)F)c1)Nc1cccc2c1C[C@H](O)CC2. The van der Waals surface area contributed by atoms with Crippen molar-refractivity contribution in [3.05, 3.63) is 64.7 Å². The Morgan fingerprint density at radius 2 is 1.96 bits per heavy atom. The van der Waals surface area contributed by atoms with E-state index >= 15 is 0 Å². The zero-order valence-corrected chi connectivity index (χ0v) is 13.4. The van der Waals surface area contributed by atoms with Crippen molar-refractivity contribution in [3.8, 4) is 0 Å². The second kappa shape index (κ2) is 6.88. The summed E-state index contributed by atoms with van der Waals surface area (Å²) < 4.78 is 38.3. The molecular weight excluding hydrogens is 331 g/mol. The molecule has 0 aliphatic heterocycles. The number of anilines is 1. The number of amides is 1. The molecule has 2 aromatic carbocycles. The molecule has 132 valence electrons. The fraction of sp³-hybridized carbons (Fsp3) is 0.316. The van der Waals surface area contributed by atoms with E-state index in [0.717, 1.165) is 29.7 Å². The number of rotatable bonds is 3. The Morgan fingerprint density at radius 3 is 2.72 bits per heavy atom. The molecule has 0 bridgehead atoms. The highest BCUT2D eigenvalue weighted by atomic mass is 19.4. The number of hydrogen-bond donors (Lipinski definition) is 2. The maximum atomic E-state index is 12.8. The standard InChI is InChI=1S/C19H18F3NO2/c20-19(21,22)14-5-1-3-12(9-14)10-18(25)23-17-6-2-4-13-7-8-15(24)11-16(13)17/h1-6,9,15,24H,7-8,10-11H2,(H,23,25)/t15-/m1/s1. The average Bonchev–Trinajstić information content (AvgIpc) is 2.55. The van der Waals surface area contributed by atoms with Gasteiger partial charge in [0.05, 0.1) is 18.1 Å². The molecule has 0 heterocycles. The number of carbonyl (C=O) groups excluding carboxylic acids is 1. The van der Waals surface area contributed by atoms with Crippen LogP contribution in [0.2, 0.25) is 0 Å². The summed E-state index contributed by atoms with van der Waals surface area (Å²) in [7, 11) is 0. The van der Waals surface area contributed by atoms with Gasteiger partial charge in [-0.3, -0.25) is 4.79 Å². The Labute approximate surface area is 143 Å². The Morgan fingerprint density at radius 1 is 1.20 bits per heavy atom. The number of aliphatic hydroxyl groups excluding tert-OH is 1. The molecule has 1 aliphatic rings. The zero-order chi connectivity index (χ0) is 18.0. The summed E-state index contributed by atoms with van der Waals surface area (Å²) in [4.78, 5) is 12.3. The predicted molar refractivity (Wildman–Crippen MR) is 88.3 cm³/mol. The highest BCUT2D eigenvalue weighted by Crippen LogP contribution is 2.30. The summed E-state index contributed by atoms with van der Waals surface area (Å²) in [6.07, 6.45) is -3.11. The van der Waals surface area contributed by atoms with Gasteiger partial charge in [-0.2, -0.15) is 13.2 Å². The van der Waals surface area contributed by atoms with Gasteiger partial charge in [-0.1, -0.05) is 30.3 Å². The average molecular weight is 349 g/mol. The van der Waals surface area contributed by atoms with Crippen molar-refractivity contribution < 1.29 is 23.1 Å². The van der Waals surface area contributed by atoms with Crippen molar-refractivity contribution in [1.82, 2.24) is 0 Å². The Hall–Kier alpha value is -2.34. The second-order valence-electron chi connectivity index (χ2n) is 6.26. The van der Waals surface area contributed by atoms with E-state index in [1.54, 1.807) is 6.07 Å². The molecule has 1 amide bonds. The predicted octanol–water partition coefficient (Wildman–Crippen LogP) is 3.74. The zero-order valence-electron chi connectivity index (χ0n) is 13.4. The van der Waals surface area contributed by atoms with Crippen LogP contribution in [0, 0.1) is 0 Å². The third-order valence-electron chi connectivity index (χ3n) is 4.35. The van der Waals surface area contributed by atoms with Crippen LogP contribution in [0.3, 0.4) is 0 Å². The number of fused-ring (bicyclic) bond motifs is 1. The number of benzene rings is 2. The molecule has 0 saturated carbocycles. The Balaban J connectivity index is 1.74. The van der Waals surface area contributed by atoms with E-state index in [1.807, 2.05) is 12.1 Å². The first kappa shape index (κ1) is 17.5. The van der Waals surface area contributed by atoms with Crippen LogP contribution in [0.1, 0.15) is 28.7 Å². The summed E-state index contributed by atoms with van der Waals surface area (Å²) in [6.45, 7) is 0. The van der Waals surface area contributed by atoms with Crippen molar-refractivity contribution >= 4 is 11.6 Å². The first-order valence-corrected chi connectivity index (χ1v) is 8.08. The van der Waals surface area contributed by atoms with Crippen LogP contribution in [0.25, 0.3) is 0 Å². The number of aliphatic hydroxyl groups is 1. The molecular formula is C19H18F3NO2. The summed E-state index contributed by atoms with van der Waals surface area (Å²) in [5, 5.41) is 12.6. The highest BCUT2D eigenvalue weighted by Gasteiger charge is 2.30. The molecule has 1 aliphatic carbocycles. The van der Waals surface area contributed by atoms with Crippen LogP contribution < -0.4 is 5.32 Å². The van der Waals surface area contributed by atoms with E-state index in [0.29, 0.717) is 24.1 Å². The quantitative estimate of drug-likeness (QED) is 0.887. The molecule has 2 N–H and O–H groups in total. The lowest BCUT2D eigenvalue weighted by Gasteiger charge is -2.23. The minimum Gasteiger partial charge on any atom is -0.393 e. The first-order chi connectivity index (χ1) is 11.8. The number of aryl methyl sites for hydroxylation is 1. The van der Waals surface area contributed by atoms with Gasteiger partial charge in [0.25, 0.3) is 0 Å². The van der Waals surface area contributed by atoms with Gasteiger partial charge >= 0.3 is 6.18 Å². The summed E-state index contributed by atoms with van der Waals surface area (Å²) in [5.74, 6) is -0.382. The van der Waals surface area contributed by atoms with Crippen molar-refractivity contribution in [2.45, 2.75) is 38.0 Å². The molecule has 0 spiro atoms. The van der Waals surface area contributed by atoms with Crippen LogP contribution in [-0.2, 0) is 30.2 Å². The topological polar surface area (TPSA) is 49.3 Å². The molecule has 0 unspecified atom stereocenters. The number of alkyl halides is 3. The van der Waals surface area contributed by atoms with Gasteiger partial charge in [0, 0.05) is 12.1 Å². The van der Waals surface area contributed by atoms with Crippen LogP contribution in [0.5, 0.6) is 0 Å². The minimum atomic E-state index is -4.43. The molecule has 25 heavy (non-hydrogen) atoms. The fourth-order valence-corrected chi connectivity index (χ4v) is 3.12. The number of halogens is 3. The normalized spacial score (nSPS) is 17.0. The van der Waals surface area contributed by atoms with Crippen molar-refractivity contribution in [3.63, 3.8) is 0 Å². The van der Waals surface area contributed by atoms with Crippen LogP contribution in [0.15, 0.2) is 42.5 Å². The van der Waals surface area contributed by atoms with Gasteiger partial charge in [0.15, 0.2) is 0 Å². The number of nitrogens with one attached hydrogen (secondary N) is 1. The molecule has 0 aromatic heterocycles. The molecule has 0 fully saturated rings. The van der Waals surface area contributed by atoms with E-state index in [9.17, 15) is 23.1 Å². The van der Waals surface area contributed by atoms with Gasteiger partial charge in [-0.25, -0.2) is 0 Å². The lowest BCUT2D eigenvalue weighted by atomic mass is 9.88. The van der Waals surface area contributed by atoms with E-state index < -0.39 is 17.8 Å². The largest absolute Gasteiger partial charge is 0.416 e. The Kier molecular flexibility index (Phi) is 4.81. The van der Waals surface area contributed by atoms with Crippen molar-refractivity contribution in [1.29, 1.82) is 0 Å². The van der Waals surface area contributed by atoms with E-state index in [-0.39, 0.29) is 12.3 Å². The summed E-state index contributed by atoms with van der Waals surface area (Å²) in [5.41, 5.74) is 2.14. The molecule has 1 atom stereocenters. The maximum Gasteiger partial charge on any atom is 0.416 e. The fourth-order valence-electron chi connectivity index (χ4n) is 3.12. The van der Waals surface area contributed by atoms with Gasteiger partial charge < -0.3 is 10.4 Å². The third kappa shape index (κ3) is 4.20. The van der Waals surface area contributed by atoms with Crippen molar-refractivity contribution in [2.24, 2.45) is 0 Å². The smallest absolute Gasteiger partial charge is 0.393 e. The highest BCUT2D eigenvalue weighted by molar-refractivity contribution is 5.93. The lowest BCUT2D eigenvalue weighted by Crippen LogP contribution is -2.22. The third-order valence-corrected chi connectivity index (χ3v) is 4.35. The van der Waals surface area contributed by atoms with Crippen LogP contribution in [0.4, 0.5) is 18.9 Å². The van der Waals surface area contributed by atoms with Crippen LogP contribution >= 0.6 is 0 Å². The molecule has 0 radical (unpaired) electrons. The van der Waals surface area contributed by atoms with Crippen LogP contribution in [-0.4, -0.2) is 17.1 Å². The monoisotopic (exact) mass is 349 g/mol.